The van der Waals surface area contributed by atoms with Gasteiger partial charge in [-0.15, -0.1) is 0 Å². The number of allylic oxidation sites excluding steroid dienone is 2. The van der Waals surface area contributed by atoms with Crippen molar-refractivity contribution >= 4 is 5.78 Å². The molecule has 0 bridgehead atoms. The molecule has 0 atom stereocenters. The van der Waals surface area contributed by atoms with E-state index in [0.29, 0.717) is 5.78 Å². The lowest BCUT2D eigenvalue weighted by Crippen LogP contribution is -1.92. The summed E-state index contributed by atoms with van der Waals surface area (Å²) in [6, 6.07) is 0. The Labute approximate surface area is 68.5 Å². The first kappa shape index (κ1) is 8.51. The Morgan fingerprint density at radius 3 is 2.82 bits per heavy atom. The number of ketones is 1. The van der Waals surface area contributed by atoms with Crippen LogP contribution in [0.25, 0.3) is 0 Å². The summed E-state index contributed by atoms with van der Waals surface area (Å²) in [4.78, 5) is 11.0. The van der Waals surface area contributed by atoms with E-state index in [4.69, 9.17) is 0 Å². The molecule has 0 aliphatic heterocycles. The molecule has 0 aromatic carbocycles. The Kier molecular flexibility index (Phi) is 3.34. The minimum absolute atomic E-state index is 0.304. The maximum atomic E-state index is 11.0. The lowest BCUT2D eigenvalue weighted by Gasteiger charge is -1.91. The van der Waals surface area contributed by atoms with Gasteiger partial charge in [0, 0.05) is 6.42 Å². The molecular formula is C10H16O. The second-order valence-electron chi connectivity index (χ2n) is 3.26. The summed E-state index contributed by atoms with van der Waals surface area (Å²) in [7, 11) is 0. The molecule has 11 heavy (non-hydrogen) atoms. The predicted octanol–water partition coefficient (Wildman–Crippen LogP) is 2.71. The quantitative estimate of drug-likeness (QED) is 0.553. The van der Waals surface area contributed by atoms with Gasteiger partial charge in [0.25, 0.3) is 0 Å². The van der Waals surface area contributed by atoms with E-state index in [1.165, 1.54) is 12.8 Å². The number of carbonyl (C=O) groups is 1. The number of hydrogen-bond acceptors (Lipinski definition) is 1. The summed E-state index contributed by atoms with van der Waals surface area (Å²) in [5, 5.41) is 0. The van der Waals surface area contributed by atoms with Gasteiger partial charge >= 0.3 is 0 Å². The highest BCUT2D eigenvalue weighted by Gasteiger charge is 2.20. The molecule has 1 heteroatoms. The monoisotopic (exact) mass is 152 g/mol. The molecule has 0 aromatic rings. The van der Waals surface area contributed by atoms with Crippen LogP contribution in [0.5, 0.6) is 0 Å². The van der Waals surface area contributed by atoms with Crippen LogP contribution in [0.4, 0.5) is 0 Å². The molecule has 1 aliphatic rings. The minimum atomic E-state index is 0.304. The largest absolute Gasteiger partial charge is 0.295 e. The van der Waals surface area contributed by atoms with Gasteiger partial charge in [-0.1, -0.05) is 25.8 Å². The summed E-state index contributed by atoms with van der Waals surface area (Å²) in [5.74, 6) is 1.19. The Hall–Kier alpha value is -0.590. The molecule has 0 heterocycles. The molecule has 0 aromatic heterocycles. The van der Waals surface area contributed by atoms with E-state index < -0.39 is 0 Å². The van der Waals surface area contributed by atoms with E-state index in [9.17, 15) is 4.79 Å². The summed E-state index contributed by atoms with van der Waals surface area (Å²) in [6.45, 7) is 2.05. The average Bonchev–Trinajstić information content (AvgIpc) is 2.80. The topological polar surface area (TPSA) is 17.1 Å². The summed E-state index contributed by atoms with van der Waals surface area (Å²) in [6.07, 6.45) is 9.22. The Balaban J connectivity index is 2.04. The van der Waals surface area contributed by atoms with Crippen molar-refractivity contribution in [2.75, 3.05) is 0 Å². The normalized spacial score (nSPS) is 17.5. The third-order valence-corrected chi connectivity index (χ3v) is 2.04. The van der Waals surface area contributed by atoms with Crippen LogP contribution in [0.3, 0.4) is 0 Å². The van der Waals surface area contributed by atoms with Crippen LogP contribution in [-0.2, 0) is 4.79 Å². The van der Waals surface area contributed by atoms with Crippen LogP contribution in [0.1, 0.15) is 39.0 Å². The van der Waals surface area contributed by atoms with Crippen molar-refractivity contribution in [3.8, 4) is 0 Å². The third-order valence-electron chi connectivity index (χ3n) is 2.04. The van der Waals surface area contributed by atoms with Crippen LogP contribution in [0.2, 0.25) is 0 Å². The average molecular weight is 152 g/mol. The van der Waals surface area contributed by atoms with Gasteiger partial charge < -0.3 is 0 Å². The van der Waals surface area contributed by atoms with Gasteiger partial charge in [-0.3, -0.25) is 4.79 Å². The lowest BCUT2D eigenvalue weighted by molar-refractivity contribution is -0.114. The molecule has 1 rings (SSSR count). The minimum Gasteiger partial charge on any atom is -0.295 e. The van der Waals surface area contributed by atoms with Gasteiger partial charge in [-0.25, -0.2) is 0 Å². The molecule has 0 amide bonds. The summed E-state index contributed by atoms with van der Waals surface area (Å²) >= 11 is 0. The van der Waals surface area contributed by atoms with Gasteiger partial charge in [-0.05, 0) is 24.8 Å². The Morgan fingerprint density at radius 1 is 1.55 bits per heavy atom. The highest BCUT2D eigenvalue weighted by atomic mass is 16.1. The first-order valence-corrected chi connectivity index (χ1v) is 4.52. The molecule has 0 unspecified atom stereocenters. The van der Waals surface area contributed by atoms with E-state index in [1.807, 2.05) is 13.0 Å². The van der Waals surface area contributed by atoms with Gasteiger partial charge in [-0.2, -0.15) is 0 Å². The van der Waals surface area contributed by atoms with E-state index in [0.717, 1.165) is 25.2 Å². The summed E-state index contributed by atoms with van der Waals surface area (Å²) in [5.41, 5.74) is 0. The smallest absolute Gasteiger partial charge is 0.155 e. The standard InChI is InChI=1S/C10H16O/c1-2-3-4-10(11)8-7-9-5-6-9/h3-4,9H,2,5-8H2,1H3/b4-3+. The fourth-order valence-corrected chi connectivity index (χ4v) is 1.09. The number of rotatable bonds is 5. The highest BCUT2D eigenvalue weighted by Crippen LogP contribution is 2.33. The van der Waals surface area contributed by atoms with Crippen molar-refractivity contribution in [3.05, 3.63) is 12.2 Å². The van der Waals surface area contributed by atoms with Crippen molar-refractivity contribution in [3.63, 3.8) is 0 Å². The predicted molar refractivity (Wildman–Crippen MR) is 46.4 cm³/mol. The van der Waals surface area contributed by atoms with Crippen molar-refractivity contribution < 1.29 is 4.79 Å². The second-order valence-corrected chi connectivity index (χ2v) is 3.26. The van der Waals surface area contributed by atoms with Crippen molar-refractivity contribution in [2.24, 2.45) is 5.92 Å². The zero-order chi connectivity index (χ0) is 8.10. The molecule has 1 saturated carbocycles. The SMILES string of the molecule is CC/C=C/C(=O)CCC1CC1. The molecular weight excluding hydrogens is 136 g/mol. The van der Waals surface area contributed by atoms with E-state index in [1.54, 1.807) is 6.08 Å². The van der Waals surface area contributed by atoms with Crippen LogP contribution >= 0.6 is 0 Å². The van der Waals surface area contributed by atoms with Crippen LogP contribution in [-0.4, -0.2) is 5.78 Å². The molecule has 1 aliphatic carbocycles. The van der Waals surface area contributed by atoms with E-state index in [2.05, 4.69) is 0 Å². The van der Waals surface area contributed by atoms with Gasteiger partial charge in [0.05, 0.1) is 0 Å². The Bertz CT molecular complexity index is 154. The molecule has 1 fully saturated rings. The maximum absolute atomic E-state index is 11.0. The first-order valence-electron chi connectivity index (χ1n) is 4.52. The lowest BCUT2D eigenvalue weighted by atomic mass is 10.1. The van der Waals surface area contributed by atoms with Gasteiger partial charge in [0.2, 0.25) is 0 Å². The van der Waals surface area contributed by atoms with Gasteiger partial charge in [0.15, 0.2) is 5.78 Å². The highest BCUT2D eigenvalue weighted by molar-refractivity contribution is 5.89. The summed E-state index contributed by atoms with van der Waals surface area (Å²) < 4.78 is 0. The van der Waals surface area contributed by atoms with Crippen molar-refractivity contribution in [1.82, 2.24) is 0 Å². The molecule has 0 radical (unpaired) electrons. The second kappa shape index (κ2) is 4.32. The van der Waals surface area contributed by atoms with Crippen LogP contribution in [0, 0.1) is 5.92 Å². The fraction of sp³-hybridized carbons (Fsp3) is 0.700. The van der Waals surface area contributed by atoms with Crippen LogP contribution in [0.15, 0.2) is 12.2 Å². The Morgan fingerprint density at radius 2 is 2.27 bits per heavy atom. The van der Waals surface area contributed by atoms with Crippen LogP contribution < -0.4 is 0 Å². The molecule has 0 saturated heterocycles. The maximum Gasteiger partial charge on any atom is 0.155 e. The van der Waals surface area contributed by atoms with E-state index >= 15 is 0 Å². The molecule has 0 N–H and O–H groups in total. The molecule has 1 nitrogen and oxygen atoms in total. The number of carbonyl (C=O) groups excluding carboxylic acids is 1. The third kappa shape index (κ3) is 3.97. The zero-order valence-electron chi connectivity index (χ0n) is 7.18. The van der Waals surface area contributed by atoms with E-state index in [-0.39, 0.29) is 0 Å². The first-order chi connectivity index (χ1) is 5.33. The fourth-order valence-electron chi connectivity index (χ4n) is 1.09. The zero-order valence-corrected chi connectivity index (χ0v) is 7.18. The van der Waals surface area contributed by atoms with Crippen molar-refractivity contribution in [2.45, 2.75) is 39.0 Å². The molecule has 62 valence electrons. The van der Waals surface area contributed by atoms with Crippen molar-refractivity contribution in [1.29, 1.82) is 0 Å². The number of hydrogen-bond donors (Lipinski definition) is 0. The molecule has 0 spiro atoms. The van der Waals surface area contributed by atoms with Gasteiger partial charge in [0.1, 0.15) is 0 Å².